The van der Waals surface area contributed by atoms with E-state index >= 15 is 0 Å². The van der Waals surface area contributed by atoms with E-state index in [2.05, 4.69) is 0 Å². The second-order valence-corrected chi connectivity index (χ2v) is 5.36. The van der Waals surface area contributed by atoms with E-state index in [0.717, 1.165) is 0 Å². The Morgan fingerprint density at radius 3 is 1.83 bits per heavy atom. The molecule has 0 aliphatic carbocycles. The molecule has 2 rings (SSSR count). The van der Waals surface area contributed by atoms with Gasteiger partial charge in [0.05, 0.1) is 24.3 Å². The van der Waals surface area contributed by atoms with Gasteiger partial charge >= 0.3 is 11.9 Å². The van der Waals surface area contributed by atoms with Gasteiger partial charge in [0.15, 0.2) is 0 Å². The van der Waals surface area contributed by atoms with Crippen molar-refractivity contribution in [2.45, 2.75) is 13.3 Å². The second-order valence-electron chi connectivity index (χ2n) is 5.36. The van der Waals surface area contributed by atoms with Crippen LogP contribution in [0.5, 0.6) is 0 Å². The maximum atomic E-state index is 11.8. The Kier molecular flexibility index (Phi) is 6.36. The van der Waals surface area contributed by atoms with E-state index in [9.17, 15) is 9.59 Å². The van der Waals surface area contributed by atoms with Crippen LogP contribution in [0.25, 0.3) is 0 Å². The van der Waals surface area contributed by atoms with Crippen LogP contribution in [0.3, 0.4) is 0 Å². The molecule has 23 heavy (non-hydrogen) atoms. The van der Waals surface area contributed by atoms with Crippen LogP contribution >= 0.6 is 0 Å². The first-order valence-corrected chi connectivity index (χ1v) is 7.61. The molecule has 0 radical (unpaired) electrons. The SMILES string of the molecule is C[C@H](CCOC(=O)c1ccccc1)COC(=O)c1ccccc1. The minimum Gasteiger partial charge on any atom is -0.462 e. The molecule has 120 valence electrons. The third kappa shape index (κ3) is 5.58. The molecular weight excluding hydrogens is 292 g/mol. The van der Waals surface area contributed by atoms with Gasteiger partial charge in [-0.05, 0) is 36.6 Å². The molecule has 0 unspecified atom stereocenters. The van der Waals surface area contributed by atoms with Crippen LogP contribution < -0.4 is 0 Å². The fourth-order valence-corrected chi connectivity index (χ4v) is 1.97. The van der Waals surface area contributed by atoms with Crippen molar-refractivity contribution in [1.29, 1.82) is 0 Å². The van der Waals surface area contributed by atoms with Crippen molar-refractivity contribution >= 4 is 11.9 Å². The van der Waals surface area contributed by atoms with Gasteiger partial charge in [0, 0.05) is 0 Å². The minimum absolute atomic E-state index is 0.117. The van der Waals surface area contributed by atoms with Crippen molar-refractivity contribution in [2.24, 2.45) is 5.92 Å². The Morgan fingerprint density at radius 2 is 1.30 bits per heavy atom. The zero-order chi connectivity index (χ0) is 16.5. The quantitative estimate of drug-likeness (QED) is 0.731. The summed E-state index contributed by atoms with van der Waals surface area (Å²) in [5.74, 6) is -0.552. The van der Waals surface area contributed by atoms with Crippen molar-refractivity contribution in [3.63, 3.8) is 0 Å². The number of hydrogen-bond donors (Lipinski definition) is 0. The van der Waals surface area contributed by atoms with Crippen molar-refractivity contribution in [2.75, 3.05) is 13.2 Å². The van der Waals surface area contributed by atoms with Gasteiger partial charge in [-0.2, -0.15) is 0 Å². The topological polar surface area (TPSA) is 52.6 Å². The average Bonchev–Trinajstić information content (AvgIpc) is 2.61. The van der Waals surface area contributed by atoms with Crippen molar-refractivity contribution in [3.05, 3.63) is 71.8 Å². The predicted octanol–water partition coefficient (Wildman–Crippen LogP) is 3.73. The molecule has 0 aromatic heterocycles. The Labute approximate surface area is 136 Å². The number of esters is 2. The monoisotopic (exact) mass is 312 g/mol. The summed E-state index contributed by atoms with van der Waals surface area (Å²) in [4.78, 5) is 23.6. The van der Waals surface area contributed by atoms with Crippen LogP contribution in [0.15, 0.2) is 60.7 Å². The highest BCUT2D eigenvalue weighted by Gasteiger charge is 2.11. The van der Waals surface area contributed by atoms with Crippen LogP contribution in [0.2, 0.25) is 0 Å². The number of rotatable bonds is 7. The summed E-state index contributed by atoms with van der Waals surface area (Å²) in [5.41, 5.74) is 1.07. The summed E-state index contributed by atoms with van der Waals surface area (Å²) < 4.78 is 10.5. The second kappa shape index (κ2) is 8.73. The molecule has 0 saturated carbocycles. The molecule has 4 heteroatoms. The Hall–Kier alpha value is -2.62. The molecule has 2 aromatic rings. The molecule has 0 spiro atoms. The lowest BCUT2D eigenvalue weighted by Crippen LogP contribution is -2.15. The molecule has 0 saturated heterocycles. The Morgan fingerprint density at radius 1 is 0.826 bits per heavy atom. The normalized spacial score (nSPS) is 11.5. The number of ether oxygens (including phenoxy) is 2. The van der Waals surface area contributed by atoms with E-state index in [0.29, 0.717) is 30.8 Å². The van der Waals surface area contributed by atoms with Gasteiger partial charge in [-0.1, -0.05) is 43.3 Å². The van der Waals surface area contributed by atoms with Gasteiger partial charge in [0.2, 0.25) is 0 Å². The first-order chi connectivity index (χ1) is 11.2. The molecule has 0 amide bonds. The zero-order valence-corrected chi connectivity index (χ0v) is 13.1. The first kappa shape index (κ1) is 16.7. The van der Waals surface area contributed by atoms with Crippen LogP contribution in [0.1, 0.15) is 34.1 Å². The van der Waals surface area contributed by atoms with Crippen LogP contribution in [-0.2, 0) is 9.47 Å². The lowest BCUT2D eigenvalue weighted by atomic mass is 10.1. The predicted molar refractivity (Wildman–Crippen MR) is 87.2 cm³/mol. The smallest absolute Gasteiger partial charge is 0.338 e. The third-order valence-corrected chi connectivity index (χ3v) is 3.36. The highest BCUT2D eigenvalue weighted by atomic mass is 16.5. The molecule has 0 bridgehead atoms. The summed E-state index contributed by atoms with van der Waals surface area (Å²) in [7, 11) is 0. The van der Waals surface area contributed by atoms with E-state index in [1.54, 1.807) is 48.5 Å². The highest BCUT2D eigenvalue weighted by molar-refractivity contribution is 5.89. The molecule has 0 aliphatic rings. The van der Waals surface area contributed by atoms with E-state index in [1.165, 1.54) is 0 Å². The van der Waals surface area contributed by atoms with Crippen molar-refractivity contribution in [3.8, 4) is 0 Å². The number of benzene rings is 2. The molecule has 4 nitrogen and oxygen atoms in total. The highest BCUT2D eigenvalue weighted by Crippen LogP contribution is 2.08. The molecule has 0 aliphatic heterocycles. The van der Waals surface area contributed by atoms with Crippen molar-refractivity contribution < 1.29 is 19.1 Å². The molecule has 0 N–H and O–H groups in total. The summed E-state index contributed by atoms with van der Waals surface area (Å²) >= 11 is 0. The maximum absolute atomic E-state index is 11.8. The number of carbonyl (C=O) groups excluding carboxylic acids is 2. The van der Waals surface area contributed by atoms with Crippen LogP contribution in [-0.4, -0.2) is 25.2 Å². The largest absolute Gasteiger partial charge is 0.462 e. The average molecular weight is 312 g/mol. The lowest BCUT2D eigenvalue weighted by molar-refractivity contribution is 0.0367. The summed E-state index contributed by atoms with van der Waals surface area (Å²) in [6.07, 6.45) is 0.640. The van der Waals surface area contributed by atoms with E-state index < -0.39 is 0 Å². The molecule has 2 aromatic carbocycles. The van der Waals surface area contributed by atoms with Gasteiger partial charge in [-0.25, -0.2) is 9.59 Å². The lowest BCUT2D eigenvalue weighted by Gasteiger charge is -2.12. The fraction of sp³-hybridized carbons (Fsp3) is 0.263. The Bertz CT molecular complexity index is 622. The maximum Gasteiger partial charge on any atom is 0.338 e. The van der Waals surface area contributed by atoms with Crippen LogP contribution in [0.4, 0.5) is 0 Å². The summed E-state index contributed by atoms with van der Waals surface area (Å²) in [6.45, 7) is 2.56. The number of carbonyl (C=O) groups is 2. The van der Waals surface area contributed by atoms with Crippen LogP contribution in [0, 0.1) is 5.92 Å². The Balaban J connectivity index is 1.66. The van der Waals surface area contributed by atoms with Gasteiger partial charge in [-0.3, -0.25) is 0 Å². The van der Waals surface area contributed by atoms with E-state index in [1.807, 2.05) is 19.1 Å². The summed E-state index contributed by atoms with van der Waals surface area (Å²) in [5, 5.41) is 0. The summed E-state index contributed by atoms with van der Waals surface area (Å²) in [6, 6.07) is 17.7. The van der Waals surface area contributed by atoms with Gasteiger partial charge < -0.3 is 9.47 Å². The van der Waals surface area contributed by atoms with E-state index in [4.69, 9.17) is 9.47 Å². The molecule has 1 atom stereocenters. The van der Waals surface area contributed by atoms with Gasteiger partial charge in [0.1, 0.15) is 0 Å². The third-order valence-electron chi connectivity index (χ3n) is 3.36. The standard InChI is InChI=1S/C19H20O4/c1-15(14-23-19(21)17-10-6-3-7-11-17)12-13-22-18(20)16-8-4-2-5-9-16/h2-11,15H,12-14H2,1H3/t15-/m1/s1. The fourth-order valence-electron chi connectivity index (χ4n) is 1.97. The van der Waals surface area contributed by atoms with Gasteiger partial charge in [-0.15, -0.1) is 0 Å². The van der Waals surface area contributed by atoms with Gasteiger partial charge in [0.25, 0.3) is 0 Å². The molecule has 0 fully saturated rings. The first-order valence-electron chi connectivity index (χ1n) is 7.61. The molecule has 0 heterocycles. The van der Waals surface area contributed by atoms with Crippen molar-refractivity contribution in [1.82, 2.24) is 0 Å². The molecular formula is C19H20O4. The number of hydrogen-bond acceptors (Lipinski definition) is 4. The zero-order valence-electron chi connectivity index (χ0n) is 13.1. The minimum atomic E-state index is -0.335. The van der Waals surface area contributed by atoms with E-state index in [-0.39, 0.29) is 17.9 Å².